The molecule has 2 rings (SSSR count). The minimum Gasteiger partial charge on any atom is -0.381 e. The molecule has 0 saturated carbocycles. The normalized spacial score (nSPS) is 12.7. The summed E-state index contributed by atoms with van der Waals surface area (Å²) in [5.41, 5.74) is 1.05. The van der Waals surface area contributed by atoms with Crippen molar-refractivity contribution in [1.82, 2.24) is 14.5 Å². The van der Waals surface area contributed by atoms with Gasteiger partial charge in [-0.2, -0.15) is 0 Å². The van der Waals surface area contributed by atoms with Crippen LogP contribution in [-0.2, 0) is 0 Å². The molecule has 2 aromatic heterocycles. The number of nitrogens with zero attached hydrogens (tertiary/aromatic N) is 3. The van der Waals surface area contributed by atoms with Gasteiger partial charge in [-0.15, -0.1) is 0 Å². The van der Waals surface area contributed by atoms with Gasteiger partial charge < -0.3 is 5.32 Å². The molecule has 90 valence electrons. The van der Waals surface area contributed by atoms with Gasteiger partial charge in [0.15, 0.2) is 0 Å². The molecule has 0 amide bonds. The van der Waals surface area contributed by atoms with Crippen LogP contribution in [-0.4, -0.2) is 20.6 Å². The van der Waals surface area contributed by atoms with E-state index in [4.69, 9.17) is 0 Å². The highest BCUT2D eigenvalue weighted by molar-refractivity contribution is 5.44. The number of pyridine rings is 1. The number of anilines is 1. The van der Waals surface area contributed by atoms with E-state index >= 15 is 0 Å². The first-order chi connectivity index (χ1) is 8.16. The van der Waals surface area contributed by atoms with Crippen molar-refractivity contribution < 1.29 is 0 Å². The Morgan fingerprint density at radius 3 is 2.59 bits per heavy atom. The number of aromatic nitrogens is 3. The van der Waals surface area contributed by atoms with E-state index in [2.05, 4.69) is 36.1 Å². The van der Waals surface area contributed by atoms with Crippen molar-refractivity contribution in [2.24, 2.45) is 5.92 Å². The molecule has 0 bridgehead atoms. The summed E-state index contributed by atoms with van der Waals surface area (Å²) in [7, 11) is 0. The highest BCUT2D eigenvalue weighted by Crippen LogP contribution is 2.13. The number of nitrogens with one attached hydrogen (secondary N) is 1. The van der Waals surface area contributed by atoms with Gasteiger partial charge in [0.2, 0.25) is 0 Å². The summed E-state index contributed by atoms with van der Waals surface area (Å²) in [6.07, 6.45) is 7.22. The van der Waals surface area contributed by atoms with Gasteiger partial charge in [-0.25, -0.2) is 9.97 Å². The molecule has 0 aliphatic rings. The van der Waals surface area contributed by atoms with Crippen LogP contribution < -0.4 is 5.32 Å². The monoisotopic (exact) mass is 230 g/mol. The molecule has 2 heterocycles. The molecule has 1 unspecified atom stereocenters. The van der Waals surface area contributed by atoms with E-state index in [9.17, 15) is 0 Å². The van der Waals surface area contributed by atoms with Crippen molar-refractivity contribution in [3.05, 3.63) is 37.1 Å². The molecule has 0 spiro atoms. The zero-order valence-corrected chi connectivity index (χ0v) is 10.5. The van der Waals surface area contributed by atoms with Crippen LogP contribution in [0.5, 0.6) is 0 Å². The lowest BCUT2D eigenvalue weighted by atomic mass is 10.1. The third-order valence-corrected chi connectivity index (χ3v) is 2.91. The van der Waals surface area contributed by atoms with Gasteiger partial charge in [0, 0.05) is 18.4 Å². The van der Waals surface area contributed by atoms with Crippen molar-refractivity contribution in [3.63, 3.8) is 0 Å². The Balaban J connectivity index is 2.08. The number of hydrogen-bond acceptors (Lipinski definition) is 3. The zero-order chi connectivity index (χ0) is 12.3. The van der Waals surface area contributed by atoms with E-state index in [1.165, 1.54) is 0 Å². The van der Waals surface area contributed by atoms with Crippen molar-refractivity contribution in [2.75, 3.05) is 5.32 Å². The second-order valence-corrected chi connectivity index (χ2v) is 4.55. The van der Waals surface area contributed by atoms with Crippen LogP contribution >= 0.6 is 0 Å². The van der Waals surface area contributed by atoms with Crippen LogP contribution in [0.25, 0.3) is 5.82 Å². The first kappa shape index (κ1) is 11.6. The highest BCUT2D eigenvalue weighted by Gasteiger charge is 2.06. The lowest BCUT2D eigenvalue weighted by molar-refractivity contribution is 0.560. The molecule has 0 saturated heterocycles. The van der Waals surface area contributed by atoms with Crippen molar-refractivity contribution >= 4 is 5.69 Å². The molecule has 0 aromatic carbocycles. The second kappa shape index (κ2) is 4.99. The predicted octanol–water partition coefficient (Wildman–Crippen LogP) is 2.72. The first-order valence-electron chi connectivity index (χ1n) is 5.87. The molecule has 17 heavy (non-hydrogen) atoms. The van der Waals surface area contributed by atoms with E-state index in [0.29, 0.717) is 12.0 Å². The van der Waals surface area contributed by atoms with Crippen LogP contribution in [0.4, 0.5) is 5.69 Å². The smallest absolute Gasteiger partial charge is 0.137 e. The molecule has 2 aromatic rings. The van der Waals surface area contributed by atoms with Gasteiger partial charge >= 0.3 is 0 Å². The van der Waals surface area contributed by atoms with Crippen LogP contribution in [0.2, 0.25) is 0 Å². The van der Waals surface area contributed by atoms with Crippen molar-refractivity contribution in [3.8, 4) is 5.82 Å². The summed E-state index contributed by atoms with van der Waals surface area (Å²) in [4.78, 5) is 8.39. The van der Waals surface area contributed by atoms with E-state index in [1.54, 1.807) is 12.5 Å². The van der Waals surface area contributed by atoms with Crippen LogP contribution in [0.15, 0.2) is 37.1 Å². The van der Waals surface area contributed by atoms with Crippen molar-refractivity contribution in [1.29, 1.82) is 0 Å². The predicted molar refractivity (Wildman–Crippen MR) is 69.3 cm³/mol. The third-order valence-electron chi connectivity index (χ3n) is 2.91. The van der Waals surface area contributed by atoms with Gasteiger partial charge in [-0.05, 0) is 25.0 Å². The maximum atomic E-state index is 4.39. The number of imidazole rings is 1. The Bertz CT molecular complexity index is 445. The van der Waals surface area contributed by atoms with E-state index in [1.807, 2.05) is 29.1 Å². The molecule has 0 radical (unpaired) electrons. The summed E-state index contributed by atoms with van der Waals surface area (Å²) in [6, 6.07) is 4.47. The van der Waals surface area contributed by atoms with Gasteiger partial charge in [0.1, 0.15) is 12.1 Å². The molecular formula is C13H18N4. The fraction of sp³-hybridized carbons (Fsp3) is 0.385. The number of rotatable bonds is 4. The molecule has 1 N–H and O–H groups in total. The van der Waals surface area contributed by atoms with Gasteiger partial charge in [0.05, 0.1) is 11.9 Å². The molecular weight excluding hydrogens is 212 g/mol. The fourth-order valence-corrected chi connectivity index (χ4v) is 1.45. The molecule has 0 aliphatic heterocycles. The molecule has 4 heteroatoms. The van der Waals surface area contributed by atoms with Crippen LogP contribution in [0.3, 0.4) is 0 Å². The van der Waals surface area contributed by atoms with Crippen LogP contribution in [0, 0.1) is 5.92 Å². The third kappa shape index (κ3) is 2.84. The Kier molecular flexibility index (Phi) is 3.42. The summed E-state index contributed by atoms with van der Waals surface area (Å²) in [5.74, 6) is 1.48. The topological polar surface area (TPSA) is 42.7 Å². The minimum absolute atomic E-state index is 0.441. The first-order valence-corrected chi connectivity index (χ1v) is 5.87. The lowest BCUT2D eigenvalue weighted by Crippen LogP contribution is -2.21. The Morgan fingerprint density at radius 1 is 1.24 bits per heavy atom. The van der Waals surface area contributed by atoms with E-state index in [0.717, 1.165) is 11.5 Å². The standard InChI is InChI=1S/C13H18N4/c1-10(2)11(3)16-12-4-5-13(15-8-12)17-7-6-14-9-17/h4-11,16H,1-3H3. The summed E-state index contributed by atoms with van der Waals surface area (Å²) in [6.45, 7) is 6.57. The van der Waals surface area contributed by atoms with Crippen LogP contribution in [0.1, 0.15) is 20.8 Å². The van der Waals surface area contributed by atoms with E-state index < -0.39 is 0 Å². The fourth-order valence-electron chi connectivity index (χ4n) is 1.45. The van der Waals surface area contributed by atoms with Crippen molar-refractivity contribution in [2.45, 2.75) is 26.8 Å². The Morgan fingerprint density at radius 2 is 2.06 bits per heavy atom. The molecule has 1 atom stereocenters. The van der Waals surface area contributed by atoms with Gasteiger partial charge in [-0.1, -0.05) is 13.8 Å². The Hall–Kier alpha value is -1.84. The lowest BCUT2D eigenvalue weighted by Gasteiger charge is -2.18. The quantitative estimate of drug-likeness (QED) is 0.878. The summed E-state index contributed by atoms with van der Waals surface area (Å²) in [5, 5.41) is 3.43. The maximum absolute atomic E-state index is 4.39. The molecule has 4 nitrogen and oxygen atoms in total. The number of hydrogen-bond donors (Lipinski definition) is 1. The van der Waals surface area contributed by atoms with Gasteiger partial charge in [0.25, 0.3) is 0 Å². The molecule has 0 aliphatic carbocycles. The maximum Gasteiger partial charge on any atom is 0.137 e. The Labute approximate surface area is 102 Å². The minimum atomic E-state index is 0.441. The summed E-state index contributed by atoms with van der Waals surface area (Å²) < 4.78 is 1.88. The highest BCUT2D eigenvalue weighted by atomic mass is 15.1. The SMILES string of the molecule is CC(C)C(C)Nc1ccc(-n2ccnc2)nc1. The largest absolute Gasteiger partial charge is 0.381 e. The summed E-state index contributed by atoms with van der Waals surface area (Å²) >= 11 is 0. The zero-order valence-electron chi connectivity index (χ0n) is 10.5. The second-order valence-electron chi connectivity index (χ2n) is 4.55. The van der Waals surface area contributed by atoms with E-state index in [-0.39, 0.29) is 0 Å². The van der Waals surface area contributed by atoms with Gasteiger partial charge in [-0.3, -0.25) is 4.57 Å². The molecule has 0 fully saturated rings. The average Bonchev–Trinajstić information content (AvgIpc) is 2.83. The average molecular weight is 230 g/mol.